The van der Waals surface area contributed by atoms with E-state index in [1.165, 1.54) is 4.31 Å². The lowest BCUT2D eigenvalue weighted by Crippen LogP contribution is -2.42. The second kappa shape index (κ2) is 10.0. The lowest BCUT2D eigenvalue weighted by atomic mass is 9.86. The number of aromatic nitrogens is 2. The number of nitrogens with zero attached hydrogens (tertiary/aromatic N) is 3. The van der Waals surface area contributed by atoms with Crippen LogP contribution in [0.15, 0.2) is 23.1 Å². The van der Waals surface area contributed by atoms with E-state index in [1.54, 1.807) is 25.1 Å². The molecule has 2 aromatic rings. The first-order valence-corrected chi connectivity index (χ1v) is 14.3. The number of esters is 1. The third-order valence-electron chi connectivity index (χ3n) is 7.31. The molecule has 36 heavy (non-hydrogen) atoms. The van der Waals surface area contributed by atoms with Crippen molar-refractivity contribution in [2.45, 2.75) is 89.0 Å². The first-order valence-electron chi connectivity index (χ1n) is 12.9. The van der Waals surface area contributed by atoms with E-state index in [4.69, 9.17) is 9.72 Å². The topological polar surface area (TPSA) is 81.5 Å². The average molecular weight is 526 g/mol. The van der Waals surface area contributed by atoms with Crippen LogP contribution in [0.4, 0.5) is 8.78 Å². The molecule has 0 spiro atoms. The van der Waals surface area contributed by atoms with Crippen LogP contribution in [0.5, 0.6) is 0 Å². The van der Waals surface area contributed by atoms with Crippen molar-refractivity contribution in [1.29, 1.82) is 0 Å². The summed E-state index contributed by atoms with van der Waals surface area (Å²) in [6.45, 7) is 9.16. The van der Waals surface area contributed by atoms with Crippen LogP contribution in [0.25, 0.3) is 11.0 Å². The Morgan fingerprint density at radius 1 is 1.19 bits per heavy atom. The Hall–Kier alpha value is -2.07. The molecule has 0 bridgehead atoms. The zero-order valence-corrected chi connectivity index (χ0v) is 22.4. The average Bonchev–Trinajstić information content (AvgIpc) is 3.19. The van der Waals surface area contributed by atoms with Crippen molar-refractivity contribution in [2.24, 2.45) is 11.8 Å². The largest absolute Gasteiger partial charge is 0.466 e. The number of carbonyl (C=O) groups is 1. The van der Waals surface area contributed by atoms with Crippen LogP contribution in [0.1, 0.15) is 72.0 Å². The van der Waals surface area contributed by atoms with Crippen LogP contribution in [0, 0.1) is 11.8 Å². The summed E-state index contributed by atoms with van der Waals surface area (Å²) < 4.78 is 62.9. The van der Waals surface area contributed by atoms with Crippen LogP contribution >= 0.6 is 0 Å². The van der Waals surface area contributed by atoms with Crippen LogP contribution in [0.2, 0.25) is 0 Å². The fraction of sp³-hybridized carbons (Fsp3) is 0.692. The summed E-state index contributed by atoms with van der Waals surface area (Å²) >= 11 is 0. The van der Waals surface area contributed by atoms with Gasteiger partial charge in [-0.2, -0.15) is 4.31 Å². The van der Waals surface area contributed by atoms with Gasteiger partial charge in [-0.05, 0) is 56.7 Å². The van der Waals surface area contributed by atoms with Crippen LogP contribution in [-0.2, 0) is 31.5 Å². The van der Waals surface area contributed by atoms with Gasteiger partial charge in [0.2, 0.25) is 15.9 Å². The van der Waals surface area contributed by atoms with Crippen molar-refractivity contribution in [3.05, 3.63) is 24.0 Å². The van der Waals surface area contributed by atoms with Gasteiger partial charge in [-0.25, -0.2) is 22.2 Å². The maximum absolute atomic E-state index is 13.7. The third kappa shape index (κ3) is 5.59. The highest BCUT2D eigenvalue weighted by Gasteiger charge is 2.37. The number of piperidine rings is 1. The molecule has 0 N–H and O–H groups in total. The summed E-state index contributed by atoms with van der Waals surface area (Å²) in [5.41, 5.74) is 1.07. The number of alkyl halides is 2. The number of halogens is 2. The summed E-state index contributed by atoms with van der Waals surface area (Å²) in [6.07, 6.45) is 1.92. The van der Waals surface area contributed by atoms with Gasteiger partial charge in [-0.3, -0.25) is 4.79 Å². The number of fused-ring (bicyclic) bond motifs is 1. The van der Waals surface area contributed by atoms with Crippen LogP contribution < -0.4 is 0 Å². The minimum Gasteiger partial charge on any atom is -0.466 e. The Morgan fingerprint density at radius 2 is 1.89 bits per heavy atom. The highest BCUT2D eigenvalue weighted by Crippen LogP contribution is 2.38. The molecule has 7 nitrogen and oxygen atoms in total. The van der Waals surface area contributed by atoms with E-state index in [0.717, 1.165) is 11.3 Å². The van der Waals surface area contributed by atoms with E-state index >= 15 is 0 Å². The monoisotopic (exact) mass is 525 g/mol. The van der Waals surface area contributed by atoms with E-state index in [0.29, 0.717) is 44.3 Å². The fourth-order valence-electron chi connectivity index (χ4n) is 5.33. The van der Waals surface area contributed by atoms with Crippen molar-refractivity contribution in [3.63, 3.8) is 0 Å². The highest BCUT2D eigenvalue weighted by molar-refractivity contribution is 7.89. The Morgan fingerprint density at radius 3 is 2.53 bits per heavy atom. The summed E-state index contributed by atoms with van der Waals surface area (Å²) in [4.78, 5) is 17.2. The molecular weight excluding hydrogens is 488 g/mol. The van der Waals surface area contributed by atoms with Gasteiger partial charge in [0.15, 0.2) is 0 Å². The molecule has 200 valence electrons. The number of carbonyl (C=O) groups excluding carboxylic acids is 1. The van der Waals surface area contributed by atoms with E-state index < -0.39 is 21.9 Å². The third-order valence-corrected chi connectivity index (χ3v) is 9.17. The molecule has 2 aliphatic rings. The first kappa shape index (κ1) is 27.0. The zero-order chi connectivity index (χ0) is 26.3. The first-order chi connectivity index (χ1) is 16.8. The number of sulfonamides is 1. The highest BCUT2D eigenvalue weighted by atomic mass is 32.2. The molecule has 1 aliphatic carbocycles. The molecule has 1 aromatic carbocycles. The van der Waals surface area contributed by atoms with Crippen molar-refractivity contribution in [3.8, 4) is 0 Å². The minimum atomic E-state index is -3.82. The van der Waals surface area contributed by atoms with Crippen LogP contribution in [0.3, 0.4) is 0 Å². The Bertz CT molecular complexity index is 1210. The van der Waals surface area contributed by atoms with Gasteiger partial charge in [-0.15, -0.1) is 0 Å². The SMILES string of the molecule is CCOC(=O)[C@H]1CCCN(S(=O)(=O)c2ccc3c(c2)nc(C(C)(C)C)n3CC2CCC(F)(F)CC2)C1. The van der Waals surface area contributed by atoms with Crippen molar-refractivity contribution >= 4 is 27.0 Å². The predicted octanol–water partition coefficient (Wildman–Crippen LogP) is 5.12. The predicted molar refractivity (Wildman–Crippen MR) is 133 cm³/mol. The van der Waals surface area contributed by atoms with Crippen molar-refractivity contribution < 1.29 is 26.7 Å². The smallest absolute Gasteiger partial charge is 0.310 e. The van der Waals surface area contributed by atoms with Crippen molar-refractivity contribution in [1.82, 2.24) is 13.9 Å². The van der Waals surface area contributed by atoms with Gasteiger partial charge in [0.05, 0.1) is 28.5 Å². The summed E-state index contributed by atoms with van der Waals surface area (Å²) in [5.74, 6) is -2.47. The summed E-state index contributed by atoms with van der Waals surface area (Å²) in [6, 6.07) is 4.96. The van der Waals surface area contributed by atoms with E-state index in [-0.39, 0.29) is 48.2 Å². The Balaban J connectivity index is 1.63. The number of hydrogen-bond donors (Lipinski definition) is 0. The lowest BCUT2D eigenvalue weighted by Gasteiger charge is -2.30. The summed E-state index contributed by atoms with van der Waals surface area (Å²) in [5, 5.41) is 0. The standard InChI is InChI=1S/C26H37F2N3O4S/c1-5-35-23(32)19-7-6-14-30(17-19)36(33,34)20-8-9-22-21(15-20)29-24(25(2,3)4)31(22)16-18-10-12-26(27,28)13-11-18/h8-9,15,18-19H,5-7,10-14,16-17H2,1-4H3/t19-/m0/s1. The number of rotatable bonds is 6. The van der Waals surface area contributed by atoms with Gasteiger partial charge >= 0.3 is 5.97 Å². The van der Waals surface area contributed by atoms with E-state index in [1.807, 2.05) is 20.8 Å². The molecule has 0 amide bonds. The normalized spacial score (nSPS) is 22.1. The second-order valence-corrected chi connectivity index (χ2v) is 13.1. The van der Waals surface area contributed by atoms with Crippen LogP contribution in [-0.4, -0.2) is 53.9 Å². The van der Waals surface area contributed by atoms with Gasteiger partial charge in [0.25, 0.3) is 0 Å². The fourth-order valence-corrected chi connectivity index (χ4v) is 6.87. The molecule has 0 radical (unpaired) electrons. The molecule has 2 fully saturated rings. The van der Waals surface area contributed by atoms with Gasteiger partial charge in [-0.1, -0.05) is 20.8 Å². The molecule has 1 aliphatic heterocycles. The molecule has 1 saturated carbocycles. The van der Waals surface area contributed by atoms with E-state index in [9.17, 15) is 22.0 Å². The molecular formula is C26H37F2N3O4S. The summed E-state index contributed by atoms with van der Waals surface area (Å²) in [7, 11) is -3.82. The molecule has 4 rings (SSSR count). The Labute approximate surface area is 212 Å². The number of benzene rings is 1. The van der Waals surface area contributed by atoms with Gasteiger partial charge < -0.3 is 9.30 Å². The zero-order valence-electron chi connectivity index (χ0n) is 21.6. The maximum atomic E-state index is 13.7. The molecule has 0 unspecified atom stereocenters. The molecule has 10 heteroatoms. The number of ether oxygens (including phenoxy) is 1. The molecule has 1 saturated heterocycles. The number of imidazole rings is 1. The minimum absolute atomic E-state index is 0.0971. The van der Waals surface area contributed by atoms with Gasteiger partial charge in [0, 0.05) is 37.9 Å². The second-order valence-electron chi connectivity index (χ2n) is 11.2. The Kier molecular flexibility index (Phi) is 7.50. The molecule has 1 aromatic heterocycles. The molecule has 1 atom stereocenters. The maximum Gasteiger partial charge on any atom is 0.310 e. The quantitative estimate of drug-likeness (QED) is 0.489. The lowest BCUT2D eigenvalue weighted by molar-refractivity contribution is -0.149. The molecule has 2 heterocycles. The van der Waals surface area contributed by atoms with E-state index in [2.05, 4.69) is 4.57 Å². The van der Waals surface area contributed by atoms with Gasteiger partial charge in [0.1, 0.15) is 5.82 Å². The van der Waals surface area contributed by atoms with Crippen molar-refractivity contribution in [2.75, 3.05) is 19.7 Å². The number of hydrogen-bond acceptors (Lipinski definition) is 5.